The van der Waals surface area contributed by atoms with E-state index in [0.29, 0.717) is 35.7 Å². The molecular weight excluding hydrogens is 452 g/mol. The molecule has 0 atom stereocenters. The maximum Gasteiger partial charge on any atom is 0.419 e. The van der Waals surface area contributed by atoms with Gasteiger partial charge in [-0.05, 0) is 68.4 Å². The summed E-state index contributed by atoms with van der Waals surface area (Å²) in [5.74, 6) is -1.62. The Balaban J connectivity index is 1.53. The van der Waals surface area contributed by atoms with Crippen molar-refractivity contribution in [3.8, 4) is 17.0 Å². The van der Waals surface area contributed by atoms with Gasteiger partial charge in [0.1, 0.15) is 18.2 Å². The van der Waals surface area contributed by atoms with Gasteiger partial charge in [0.05, 0.1) is 11.3 Å². The third-order valence-corrected chi connectivity index (χ3v) is 5.73. The minimum Gasteiger partial charge on any atom is -0.492 e. The van der Waals surface area contributed by atoms with E-state index in [4.69, 9.17) is 4.74 Å². The maximum absolute atomic E-state index is 13.9. The predicted molar refractivity (Wildman–Crippen MR) is 119 cm³/mol. The molecule has 0 saturated carbocycles. The largest absolute Gasteiger partial charge is 0.492 e. The zero-order chi connectivity index (χ0) is 24.3. The molecule has 6 nitrogen and oxygen atoms in total. The Morgan fingerprint density at radius 2 is 1.88 bits per heavy atom. The lowest BCUT2D eigenvalue weighted by Gasteiger charge is -2.17. The first-order chi connectivity index (χ1) is 16.2. The number of amides is 1. The summed E-state index contributed by atoms with van der Waals surface area (Å²) in [7, 11) is 1.78. The summed E-state index contributed by atoms with van der Waals surface area (Å²) in [6, 6.07) is 8.93. The van der Waals surface area contributed by atoms with Crippen molar-refractivity contribution in [1.82, 2.24) is 14.7 Å². The molecule has 0 radical (unpaired) electrons. The van der Waals surface area contributed by atoms with E-state index in [0.717, 1.165) is 31.4 Å². The van der Waals surface area contributed by atoms with Crippen molar-refractivity contribution in [2.24, 2.45) is 7.05 Å². The summed E-state index contributed by atoms with van der Waals surface area (Å²) >= 11 is 0. The van der Waals surface area contributed by atoms with Crippen molar-refractivity contribution in [2.75, 3.05) is 31.6 Å². The molecule has 1 saturated heterocycles. The first-order valence-corrected chi connectivity index (χ1v) is 10.9. The van der Waals surface area contributed by atoms with Gasteiger partial charge in [-0.3, -0.25) is 14.4 Å². The Morgan fingerprint density at radius 1 is 1.12 bits per heavy atom. The number of ether oxygens (including phenoxy) is 1. The highest BCUT2D eigenvalue weighted by Crippen LogP contribution is 2.34. The van der Waals surface area contributed by atoms with Gasteiger partial charge in [0.2, 0.25) is 0 Å². The number of aryl methyl sites for hydroxylation is 1. The number of rotatable bonds is 7. The lowest BCUT2D eigenvalue weighted by molar-refractivity contribution is -0.140. The van der Waals surface area contributed by atoms with E-state index in [1.807, 2.05) is 0 Å². The minimum atomic E-state index is -4.83. The monoisotopic (exact) mass is 476 g/mol. The fourth-order valence-electron chi connectivity index (χ4n) is 3.95. The first kappa shape index (κ1) is 23.7. The number of alkyl halides is 3. The second kappa shape index (κ2) is 9.84. The molecule has 10 heteroatoms. The number of nitrogens with zero attached hydrogens (tertiary/aromatic N) is 3. The van der Waals surface area contributed by atoms with E-state index in [1.54, 1.807) is 42.2 Å². The van der Waals surface area contributed by atoms with Gasteiger partial charge in [-0.25, -0.2) is 4.39 Å². The molecule has 0 unspecified atom stereocenters. The molecular formula is C24H24F4N4O2. The quantitative estimate of drug-likeness (QED) is 0.489. The molecule has 0 bridgehead atoms. The van der Waals surface area contributed by atoms with Crippen molar-refractivity contribution in [3.63, 3.8) is 0 Å². The van der Waals surface area contributed by atoms with E-state index >= 15 is 0 Å². The number of nitrogens with one attached hydrogen (secondary N) is 1. The van der Waals surface area contributed by atoms with Crippen LogP contribution in [0.1, 0.15) is 28.8 Å². The highest BCUT2D eigenvalue weighted by molar-refractivity contribution is 6.04. The Morgan fingerprint density at radius 3 is 2.53 bits per heavy atom. The van der Waals surface area contributed by atoms with Crippen molar-refractivity contribution < 1.29 is 27.1 Å². The summed E-state index contributed by atoms with van der Waals surface area (Å²) in [6.07, 6.45) is -0.809. The number of hydrogen-bond acceptors (Lipinski definition) is 4. The van der Waals surface area contributed by atoms with Gasteiger partial charge < -0.3 is 10.1 Å². The topological polar surface area (TPSA) is 59.4 Å². The highest BCUT2D eigenvalue weighted by atomic mass is 19.4. The summed E-state index contributed by atoms with van der Waals surface area (Å²) in [6.45, 7) is 3.44. The lowest BCUT2D eigenvalue weighted by atomic mass is 10.1. The van der Waals surface area contributed by atoms with Gasteiger partial charge >= 0.3 is 6.18 Å². The van der Waals surface area contributed by atoms with Crippen molar-refractivity contribution in [2.45, 2.75) is 19.0 Å². The van der Waals surface area contributed by atoms with Gasteiger partial charge in [0, 0.05) is 36.6 Å². The normalized spacial score (nSPS) is 14.4. The van der Waals surface area contributed by atoms with Crippen molar-refractivity contribution in [3.05, 3.63) is 65.6 Å². The maximum atomic E-state index is 13.9. The molecule has 4 rings (SSSR count). The number of aromatic nitrogens is 2. The van der Waals surface area contributed by atoms with E-state index in [-0.39, 0.29) is 5.56 Å². The Bertz CT molecular complexity index is 1170. The van der Waals surface area contributed by atoms with Crippen LogP contribution in [-0.4, -0.2) is 46.8 Å². The van der Waals surface area contributed by atoms with Crippen molar-refractivity contribution in [1.29, 1.82) is 0 Å². The number of carbonyl (C=O) groups excluding carboxylic acids is 1. The fraction of sp³-hybridized carbons (Fsp3) is 0.333. The number of benzene rings is 2. The van der Waals surface area contributed by atoms with Gasteiger partial charge in [-0.15, -0.1) is 0 Å². The first-order valence-electron chi connectivity index (χ1n) is 10.9. The second-order valence-electron chi connectivity index (χ2n) is 8.09. The van der Waals surface area contributed by atoms with Crippen LogP contribution in [0.15, 0.2) is 48.7 Å². The standard InChI is InChI=1S/C24H24F4N4O2/c1-31-21(8-9-29-31)18-15-17(5-7-22(18)34-13-12-32-10-2-3-11-32)30-23(33)16-4-6-19(20(25)14-16)24(26,27)28/h4-9,14-15H,2-3,10-13H2,1H3,(H,30,33). The summed E-state index contributed by atoms with van der Waals surface area (Å²) in [5.41, 5.74) is 0.190. The molecule has 1 fully saturated rings. The molecule has 2 aromatic carbocycles. The average molecular weight is 476 g/mol. The molecule has 0 spiro atoms. The van der Waals surface area contributed by atoms with Crippen molar-refractivity contribution >= 4 is 11.6 Å². The lowest BCUT2D eigenvalue weighted by Crippen LogP contribution is -2.25. The van der Waals surface area contributed by atoms with Gasteiger partial charge in [0.15, 0.2) is 0 Å². The van der Waals surface area contributed by atoms with Crippen LogP contribution in [-0.2, 0) is 13.2 Å². The van der Waals surface area contributed by atoms with Crippen LogP contribution in [0.5, 0.6) is 5.75 Å². The molecule has 34 heavy (non-hydrogen) atoms. The fourth-order valence-corrected chi connectivity index (χ4v) is 3.95. The predicted octanol–water partition coefficient (Wildman–Crippen LogP) is 4.97. The summed E-state index contributed by atoms with van der Waals surface area (Å²) < 4.78 is 60.0. The molecule has 1 aromatic heterocycles. The zero-order valence-electron chi connectivity index (χ0n) is 18.5. The molecule has 1 N–H and O–H groups in total. The summed E-state index contributed by atoms with van der Waals surface area (Å²) in [5, 5.41) is 6.80. The molecule has 0 aliphatic carbocycles. The highest BCUT2D eigenvalue weighted by Gasteiger charge is 2.34. The van der Waals surface area contributed by atoms with Crippen LogP contribution < -0.4 is 10.1 Å². The van der Waals surface area contributed by atoms with E-state index in [1.165, 1.54) is 12.8 Å². The van der Waals surface area contributed by atoms with Crippen LogP contribution in [0.2, 0.25) is 0 Å². The van der Waals surface area contributed by atoms with Crippen LogP contribution in [0.3, 0.4) is 0 Å². The van der Waals surface area contributed by atoms with E-state index in [2.05, 4.69) is 15.3 Å². The molecule has 1 aliphatic heterocycles. The second-order valence-corrected chi connectivity index (χ2v) is 8.09. The number of hydrogen-bond donors (Lipinski definition) is 1. The summed E-state index contributed by atoms with van der Waals surface area (Å²) in [4.78, 5) is 14.9. The number of likely N-dealkylation sites (tertiary alicyclic amines) is 1. The number of anilines is 1. The smallest absolute Gasteiger partial charge is 0.419 e. The number of halogens is 4. The molecule has 1 amide bonds. The third-order valence-electron chi connectivity index (χ3n) is 5.73. The Labute approximate surface area is 194 Å². The van der Waals surface area contributed by atoms with Crippen LogP contribution in [0.4, 0.5) is 23.2 Å². The zero-order valence-corrected chi connectivity index (χ0v) is 18.5. The minimum absolute atomic E-state index is 0.224. The third kappa shape index (κ3) is 5.39. The molecule has 2 heterocycles. The van der Waals surface area contributed by atoms with Crippen LogP contribution in [0.25, 0.3) is 11.3 Å². The molecule has 180 valence electrons. The average Bonchev–Trinajstić information content (AvgIpc) is 3.45. The van der Waals surface area contributed by atoms with Crippen LogP contribution in [0, 0.1) is 5.82 Å². The molecule has 1 aliphatic rings. The van der Waals surface area contributed by atoms with Gasteiger partial charge in [-0.1, -0.05) is 0 Å². The van der Waals surface area contributed by atoms with E-state index < -0.39 is 23.5 Å². The molecule has 3 aromatic rings. The Kier molecular flexibility index (Phi) is 6.87. The number of carbonyl (C=O) groups is 1. The Hall–Kier alpha value is -3.40. The SMILES string of the molecule is Cn1nccc1-c1cc(NC(=O)c2ccc(C(F)(F)F)c(F)c2)ccc1OCCN1CCCC1. The van der Waals surface area contributed by atoms with Gasteiger partial charge in [0.25, 0.3) is 5.91 Å². The van der Waals surface area contributed by atoms with Crippen LogP contribution >= 0.6 is 0 Å². The van der Waals surface area contributed by atoms with Gasteiger partial charge in [-0.2, -0.15) is 18.3 Å². The van der Waals surface area contributed by atoms with E-state index in [9.17, 15) is 22.4 Å².